The zero-order chi connectivity index (χ0) is 14.4. The molecule has 0 saturated heterocycles. The first-order valence-electron chi connectivity index (χ1n) is 6.60. The van der Waals surface area contributed by atoms with Gasteiger partial charge in [-0.3, -0.25) is 4.79 Å². The molecule has 3 nitrogen and oxygen atoms in total. The average Bonchev–Trinajstić information content (AvgIpc) is 2.50. The molecule has 0 saturated carbocycles. The maximum Gasteiger partial charge on any atom is 0.245 e. The number of fused-ring (bicyclic) bond motifs is 1. The Morgan fingerprint density at radius 1 is 1.30 bits per heavy atom. The maximum absolute atomic E-state index is 11.7. The van der Waals surface area contributed by atoms with Gasteiger partial charge in [-0.25, -0.2) is 0 Å². The van der Waals surface area contributed by atoms with E-state index in [4.69, 9.17) is 5.26 Å². The van der Waals surface area contributed by atoms with Crippen LogP contribution in [0, 0.1) is 11.3 Å². The van der Waals surface area contributed by atoms with Gasteiger partial charge in [0.05, 0.1) is 6.07 Å². The quantitative estimate of drug-likeness (QED) is 0.862. The standard InChI is InChI=1S/C17H16N2O/c1-2-15(12-18)19-17(20)11-10-14-8-5-7-13-6-3-4-9-16(13)14/h3-11,15H,2H2,1H3,(H,19,20)/b11-10-/t15-/m1/s1. The summed E-state index contributed by atoms with van der Waals surface area (Å²) in [5, 5.41) is 13.7. The number of amides is 1. The summed E-state index contributed by atoms with van der Waals surface area (Å²) in [4.78, 5) is 11.7. The lowest BCUT2D eigenvalue weighted by Crippen LogP contribution is -2.31. The van der Waals surface area contributed by atoms with Crippen molar-refractivity contribution in [2.45, 2.75) is 19.4 Å². The minimum absolute atomic E-state index is 0.244. The van der Waals surface area contributed by atoms with Crippen LogP contribution in [0.15, 0.2) is 48.5 Å². The van der Waals surface area contributed by atoms with Crippen LogP contribution in [0.4, 0.5) is 0 Å². The van der Waals surface area contributed by atoms with Crippen molar-refractivity contribution >= 4 is 22.8 Å². The van der Waals surface area contributed by atoms with Gasteiger partial charge < -0.3 is 5.32 Å². The van der Waals surface area contributed by atoms with Crippen LogP contribution >= 0.6 is 0 Å². The topological polar surface area (TPSA) is 52.9 Å². The van der Waals surface area contributed by atoms with Crippen LogP contribution in [-0.2, 0) is 4.79 Å². The molecule has 0 unspecified atom stereocenters. The van der Waals surface area contributed by atoms with Gasteiger partial charge in [-0.05, 0) is 28.8 Å². The molecule has 2 rings (SSSR count). The van der Waals surface area contributed by atoms with Crippen LogP contribution < -0.4 is 5.32 Å². The Labute approximate surface area is 118 Å². The van der Waals surface area contributed by atoms with Crippen LogP contribution in [0.3, 0.4) is 0 Å². The van der Waals surface area contributed by atoms with E-state index in [9.17, 15) is 4.79 Å². The molecule has 0 fully saturated rings. The number of carbonyl (C=O) groups excluding carboxylic acids is 1. The van der Waals surface area contributed by atoms with E-state index in [2.05, 4.69) is 5.32 Å². The molecular weight excluding hydrogens is 248 g/mol. The average molecular weight is 264 g/mol. The van der Waals surface area contributed by atoms with E-state index in [1.807, 2.05) is 55.5 Å². The molecule has 20 heavy (non-hydrogen) atoms. The van der Waals surface area contributed by atoms with Crippen molar-refractivity contribution in [3.63, 3.8) is 0 Å². The second-order valence-electron chi connectivity index (χ2n) is 4.50. The van der Waals surface area contributed by atoms with Gasteiger partial charge >= 0.3 is 0 Å². The molecule has 0 heterocycles. The van der Waals surface area contributed by atoms with Gasteiger partial charge in [0.1, 0.15) is 6.04 Å². The van der Waals surface area contributed by atoms with Gasteiger partial charge in [-0.2, -0.15) is 5.26 Å². The van der Waals surface area contributed by atoms with Gasteiger partial charge in [0.15, 0.2) is 0 Å². The summed E-state index contributed by atoms with van der Waals surface area (Å²) in [5.74, 6) is -0.244. The first kappa shape index (κ1) is 13.8. The number of carbonyl (C=O) groups is 1. The molecule has 1 atom stereocenters. The van der Waals surface area contributed by atoms with Crippen molar-refractivity contribution in [2.24, 2.45) is 0 Å². The summed E-state index contributed by atoms with van der Waals surface area (Å²) >= 11 is 0. The van der Waals surface area contributed by atoms with Gasteiger partial charge in [0, 0.05) is 6.08 Å². The highest BCUT2D eigenvalue weighted by Gasteiger charge is 2.06. The number of hydrogen-bond acceptors (Lipinski definition) is 2. The van der Waals surface area contributed by atoms with E-state index in [1.165, 1.54) is 6.08 Å². The Morgan fingerprint density at radius 2 is 2.05 bits per heavy atom. The minimum Gasteiger partial charge on any atom is -0.337 e. The molecule has 0 spiro atoms. The fourth-order valence-corrected chi connectivity index (χ4v) is 2.01. The third-order valence-electron chi connectivity index (χ3n) is 3.12. The summed E-state index contributed by atoms with van der Waals surface area (Å²) < 4.78 is 0. The zero-order valence-corrected chi connectivity index (χ0v) is 11.3. The molecule has 2 aromatic carbocycles. The fraction of sp³-hybridized carbons (Fsp3) is 0.176. The summed E-state index contributed by atoms with van der Waals surface area (Å²) in [7, 11) is 0. The predicted octanol–water partition coefficient (Wildman–Crippen LogP) is 3.27. The largest absolute Gasteiger partial charge is 0.337 e. The van der Waals surface area contributed by atoms with E-state index in [-0.39, 0.29) is 5.91 Å². The normalized spacial score (nSPS) is 12.2. The number of rotatable bonds is 4. The molecule has 100 valence electrons. The van der Waals surface area contributed by atoms with Crippen LogP contribution in [0.1, 0.15) is 18.9 Å². The molecule has 0 aliphatic rings. The minimum atomic E-state index is -0.431. The van der Waals surface area contributed by atoms with E-state index < -0.39 is 6.04 Å². The van der Waals surface area contributed by atoms with Crippen LogP contribution in [0.5, 0.6) is 0 Å². The smallest absolute Gasteiger partial charge is 0.245 e. The first-order chi connectivity index (χ1) is 9.74. The number of nitrogens with one attached hydrogen (secondary N) is 1. The fourth-order valence-electron chi connectivity index (χ4n) is 2.01. The molecular formula is C17H16N2O. The molecule has 0 radical (unpaired) electrons. The Kier molecular flexibility index (Phi) is 4.52. The SMILES string of the molecule is CC[C@H](C#N)NC(=O)/C=C\c1cccc2ccccc12. The maximum atomic E-state index is 11.7. The van der Waals surface area contributed by atoms with Crippen LogP contribution in [0.25, 0.3) is 16.8 Å². The molecule has 1 amide bonds. The van der Waals surface area contributed by atoms with Crippen molar-refractivity contribution in [3.8, 4) is 6.07 Å². The summed E-state index contributed by atoms with van der Waals surface area (Å²) in [6, 6.07) is 15.6. The summed E-state index contributed by atoms with van der Waals surface area (Å²) in [5.41, 5.74) is 0.989. The third-order valence-corrected chi connectivity index (χ3v) is 3.12. The van der Waals surface area contributed by atoms with Crippen molar-refractivity contribution in [1.29, 1.82) is 5.26 Å². The number of nitrogens with zero attached hydrogens (tertiary/aromatic N) is 1. The van der Waals surface area contributed by atoms with Gasteiger partial charge in [-0.15, -0.1) is 0 Å². The second kappa shape index (κ2) is 6.53. The molecule has 2 aromatic rings. The monoisotopic (exact) mass is 264 g/mol. The van der Waals surface area contributed by atoms with Gasteiger partial charge in [-0.1, -0.05) is 49.4 Å². The molecule has 0 aliphatic heterocycles. The third kappa shape index (κ3) is 3.24. The lowest BCUT2D eigenvalue weighted by Gasteiger charge is -2.06. The highest BCUT2D eigenvalue weighted by molar-refractivity contribution is 5.96. The van der Waals surface area contributed by atoms with Gasteiger partial charge in [0.25, 0.3) is 0 Å². The zero-order valence-electron chi connectivity index (χ0n) is 11.3. The van der Waals surface area contributed by atoms with Crippen molar-refractivity contribution in [3.05, 3.63) is 54.1 Å². The lowest BCUT2D eigenvalue weighted by molar-refractivity contribution is -0.116. The van der Waals surface area contributed by atoms with Crippen molar-refractivity contribution in [1.82, 2.24) is 5.32 Å². The molecule has 0 bridgehead atoms. The number of benzene rings is 2. The van der Waals surface area contributed by atoms with Crippen LogP contribution in [0.2, 0.25) is 0 Å². The van der Waals surface area contributed by atoms with E-state index in [0.29, 0.717) is 6.42 Å². The highest BCUT2D eigenvalue weighted by Crippen LogP contribution is 2.19. The van der Waals surface area contributed by atoms with Crippen LogP contribution in [-0.4, -0.2) is 11.9 Å². The summed E-state index contributed by atoms with van der Waals surface area (Å²) in [6.45, 7) is 1.86. The second-order valence-corrected chi connectivity index (χ2v) is 4.50. The molecule has 0 aromatic heterocycles. The molecule has 1 N–H and O–H groups in total. The van der Waals surface area contributed by atoms with E-state index in [1.54, 1.807) is 6.08 Å². The lowest BCUT2D eigenvalue weighted by atomic mass is 10.0. The predicted molar refractivity (Wildman–Crippen MR) is 80.8 cm³/mol. The number of nitriles is 1. The Hall–Kier alpha value is -2.60. The van der Waals surface area contributed by atoms with Crippen molar-refractivity contribution in [2.75, 3.05) is 0 Å². The van der Waals surface area contributed by atoms with Gasteiger partial charge in [0.2, 0.25) is 5.91 Å². The summed E-state index contributed by atoms with van der Waals surface area (Å²) in [6.07, 6.45) is 3.86. The van der Waals surface area contributed by atoms with Crippen molar-refractivity contribution < 1.29 is 4.79 Å². The molecule has 3 heteroatoms. The van der Waals surface area contributed by atoms with E-state index in [0.717, 1.165) is 16.3 Å². The Morgan fingerprint density at radius 3 is 2.80 bits per heavy atom. The highest BCUT2D eigenvalue weighted by atomic mass is 16.1. The van der Waals surface area contributed by atoms with E-state index >= 15 is 0 Å². The first-order valence-corrected chi connectivity index (χ1v) is 6.60. The Balaban J connectivity index is 2.18. The molecule has 0 aliphatic carbocycles. The Bertz CT molecular complexity index is 677. The number of hydrogen-bond donors (Lipinski definition) is 1.